The van der Waals surface area contributed by atoms with E-state index in [1.165, 1.54) is 18.9 Å². The summed E-state index contributed by atoms with van der Waals surface area (Å²) in [5, 5.41) is 0.642. The normalized spacial score (nSPS) is 16.4. The lowest BCUT2D eigenvalue weighted by Crippen LogP contribution is -1.88. The number of benzene rings is 1. The molecular formula is C9H10FNS. The Bertz CT molecular complexity index is 297. The van der Waals surface area contributed by atoms with Gasteiger partial charge in [0.2, 0.25) is 0 Å². The third-order valence-corrected chi connectivity index (χ3v) is 3.16. The lowest BCUT2D eigenvalue weighted by atomic mass is 10.3. The maximum Gasteiger partial charge on any atom is 0.138 e. The highest BCUT2D eigenvalue weighted by molar-refractivity contribution is 8.00. The molecule has 1 aromatic rings. The van der Waals surface area contributed by atoms with Crippen LogP contribution in [0.3, 0.4) is 0 Å². The molecule has 1 aromatic carbocycles. The molecule has 0 aliphatic heterocycles. The first-order valence-electron chi connectivity index (χ1n) is 3.97. The van der Waals surface area contributed by atoms with Gasteiger partial charge in [-0.1, -0.05) is 0 Å². The maximum atomic E-state index is 13.1. The van der Waals surface area contributed by atoms with Crippen LogP contribution in [0.2, 0.25) is 0 Å². The van der Waals surface area contributed by atoms with E-state index in [1.54, 1.807) is 23.9 Å². The molecule has 1 nitrogen and oxygen atoms in total. The zero-order chi connectivity index (χ0) is 8.55. The molecule has 2 rings (SSSR count). The Kier molecular flexibility index (Phi) is 1.97. The van der Waals surface area contributed by atoms with Crippen molar-refractivity contribution in [2.75, 3.05) is 5.73 Å². The van der Waals surface area contributed by atoms with Gasteiger partial charge >= 0.3 is 0 Å². The second-order valence-corrected chi connectivity index (χ2v) is 4.35. The van der Waals surface area contributed by atoms with Gasteiger partial charge in [-0.15, -0.1) is 11.8 Å². The Balaban J connectivity index is 2.18. The average Bonchev–Trinajstić information content (AvgIpc) is 2.79. The van der Waals surface area contributed by atoms with Gasteiger partial charge in [0.05, 0.1) is 0 Å². The zero-order valence-electron chi connectivity index (χ0n) is 6.59. The molecular weight excluding hydrogens is 173 g/mol. The number of hydrogen-bond donors (Lipinski definition) is 1. The van der Waals surface area contributed by atoms with Crippen LogP contribution < -0.4 is 5.73 Å². The van der Waals surface area contributed by atoms with Crippen LogP contribution >= 0.6 is 11.8 Å². The highest BCUT2D eigenvalue weighted by Crippen LogP contribution is 2.40. The molecule has 1 aliphatic carbocycles. The van der Waals surface area contributed by atoms with Crippen molar-refractivity contribution in [2.24, 2.45) is 0 Å². The van der Waals surface area contributed by atoms with Gasteiger partial charge in [-0.05, 0) is 31.0 Å². The predicted octanol–water partition coefficient (Wildman–Crippen LogP) is 2.66. The zero-order valence-corrected chi connectivity index (χ0v) is 7.40. The van der Waals surface area contributed by atoms with Crippen molar-refractivity contribution in [1.82, 2.24) is 0 Å². The van der Waals surface area contributed by atoms with Gasteiger partial charge in [-0.2, -0.15) is 0 Å². The van der Waals surface area contributed by atoms with Crippen LogP contribution in [0.4, 0.5) is 10.1 Å². The van der Waals surface area contributed by atoms with Gasteiger partial charge in [-0.25, -0.2) is 4.39 Å². The van der Waals surface area contributed by atoms with E-state index in [0.717, 1.165) is 4.90 Å². The third-order valence-electron chi connectivity index (χ3n) is 1.77. The second-order valence-electron chi connectivity index (χ2n) is 3.01. The largest absolute Gasteiger partial charge is 0.399 e. The van der Waals surface area contributed by atoms with Crippen LogP contribution in [0.1, 0.15) is 12.8 Å². The molecule has 1 aliphatic rings. The van der Waals surface area contributed by atoms with Crippen LogP contribution in [0.5, 0.6) is 0 Å². The summed E-state index contributed by atoms with van der Waals surface area (Å²) in [5.41, 5.74) is 5.92. The van der Waals surface area contributed by atoms with Gasteiger partial charge < -0.3 is 5.73 Å². The van der Waals surface area contributed by atoms with E-state index < -0.39 is 0 Å². The van der Waals surface area contributed by atoms with Crippen molar-refractivity contribution in [1.29, 1.82) is 0 Å². The number of thioether (sulfide) groups is 1. The fourth-order valence-electron chi connectivity index (χ4n) is 0.978. The van der Waals surface area contributed by atoms with Crippen LogP contribution in [-0.2, 0) is 0 Å². The van der Waals surface area contributed by atoms with Crippen LogP contribution in [0.15, 0.2) is 23.1 Å². The Hall–Kier alpha value is -0.700. The predicted molar refractivity (Wildman–Crippen MR) is 49.7 cm³/mol. The van der Waals surface area contributed by atoms with Crippen molar-refractivity contribution in [3.05, 3.63) is 24.0 Å². The van der Waals surface area contributed by atoms with Crippen molar-refractivity contribution >= 4 is 17.4 Å². The number of halogens is 1. The first kappa shape index (κ1) is 7.92. The Morgan fingerprint density at radius 1 is 1.42 bits per heavy atom. The van der Waals surface area contributed by atoms with Crippen molar-refractivity contribution in [3.63, 3.8) is 0 Å². The molecule has 0 saturated heterocycles. The first-order chi connectivity index (χ1) is 5.75. The molecule has 1 fully saturated rings. The summed E-state index contributed by atoms with van der Waals surface area (Å²) >= 11 is 1.61. The number of nitrogens with two attached hydrogens (primary N) is 1. The number of nitrogen functional groups attached to an aromatic ring is 1. The minimum atomic E-state index is -0.188. The fraction of sp³-hybridized carbons (Fsp3) is 0.333. The molecule has 0 spiro atoms. The summed E-state index contributed by atoms with van der Waals surface area (Å²) in [5.74, 6) is -0.188. The van der Waals surface area contributed by atoms with Gasteiger partial charge in [0.1, 0.15) is 5.82 Å². The summed E-state index contributed by atoms with van der Waals surface area (Å²) in [6, 6.07) is 4.88. The van der Waals surface area contributed by atoms with E-state index in [9.17, 15) is 4.39 Å². The highest BCUT2D eigenvalue weighted by atomic mass is 32.2. The molecule has 0 aromatic heterocycles. The van der Waals surface area contributed by atoms with Crippen LogP contribution in [-0.4, -0.2) is 5.25 Å². The van der Waals surface area contributed by atoms with E-state index in [1.807, 2.05) is 0 Å². The van der Waals surface area contributed by atoms with Crippen molar-refractivity contribution in [3.8, 4) is 0 Å². The quantitative estimate of drug-likeness (QED) is 0.713. The standard InChI is InChI=1S/C9H10FNS/c10-8-5-6(11)1-4-9(8)12-7-2-3-7/h1,4-5,7H,2-3,11H2. The number of hydrogen-bond acceptors (Lipinski definition) is 2. The third kappa shape index (κ3) is 1.72. The van der Waals surface area contributed by atoms with Gasteiger partial charge in [0, 0.05) is 15.8 Å². The summed E-state index contributed by atoms with van der Waals surface area (Å²) < 4.78 is 13.1. The summed E-state index contributed by atoms with van der Waals surface area (Å²) in [4.78, 5) is 0.728. The molecule has 3 heteroatoms. The monoisotopic (exact) mass is 183 g/mol. The lowest BCUT2D eigenvalue weighted by molar-refractivity contribution is 0.602. The minimum Gasteiger partial charge on any atom is -0.399 e. The molecule has 2 N–H and O–H groups in total. The van der Waals surface area contributed by atoms with E-state index in [4.69, 9.17) is 5.73 Å². The minimum absolute atomic E-state index is 0.188. The Labute approximate surface area is 75.1 Å². The molecule has 0 bridgehead atoms. The number of rotatable bonds is 2. The van der Waals surface area contributed by atoms with E-state index in [0.29, 0.717) is 10.9 Å². The van der Waals surface area contributed by atoms with Crippen LogP contribution in [0, 0.1) is 5.82 Å². The van der Waals surface area contributed by atoms with E-state index >= 15 is 0 Å². The molecule has 1 saturated carbocycles. The summed E-state index contributed by atoms with van der Waals surface area (Å²) in [7, 11) is 0. The van der Waals surface area contributed by atoms with Crippen molar-refractivity contribution in [2.45, 2.75) is 23.0 Å². The SMILES string of the molecule is Nc1ccc(SC2CC2)c(F)c1. The van der Waals surface area contributed by atoms with Gasteiger partial charge in [0.25, 0.3) is 0 Å². The average molecular weight is 183 g/mol. The van der Waals surface area contributed by atoms with E-state index in [2.05, 4.69) is 0 Å². The fourth-order valence-corrected chi connectivity index (χ4v) is 2.03. The van der Waals surface area contributed by atoms with E-state index in [-0.39, 0.29) is 5.82 Å². The molecule has 12 heavy (non-hydrogen) atoms. The smallest absolute Gasteiger partial charge is 0.138 e. The lowest BCUT2D eigenvalue weighted by Gasteiger charge is -2.01. The molecule has 64 valence electrons. The number of anilines is 1. The molecule has 0 amide bonds. The maximum absolute atomic E-state index is 13.1. The summed E-state index contributed by atoms with van der Waals surface area (Å²) in [6.07, 6.45) is 2.43. The molecule has 0 unspecified atom stereocenters. The van der Waals surface area contributed by atoms with Crippen molar-refractivity contribution < 1.29 is 4.39 Å². The van der Waals surface area contributed by atoms with Gasteiger partial charge in [-0.3, -0.25) is 0 Å². The highest BCUT2D eigenvalue weighted by Gasteiger charge is 2.23. The van der Waals surface area contributed by atoms with Gasteiger partial charge in [0.15, 0.2) is 0 Å². The topological polar surface area (TPSA) is 26.0 Å². The second kappa shape index (κ2) is 2.98. The molecule has 0 radical (unpaired) electrons. The Morgan fingerprint density at radius 2 is 2.17 bits per heavy atom. The molecule has 0 heterocycles. The first-order valence-corrected chi connectivity index (χ1v) is 4.85. The molecule has 0 atom stereocenters. The Morgan fingerprint density at radius 3 is 2.75 bits per heavy atom. The summed E-state index contributed by atoms with van der Waals surface area (Å²) in [6.45, 7) is 0. The van der Waals surface area contributed by atoms with Crippen LogP contribution in [0.25, 0.3) is 0 Å².